The Bertz CT molecular complexity index is 225. The number of hydrogen-bond acceptors (Lipinski definition) is 3. The van der Waals surface area contributed by atoms with Crippen LogP contribution in [0.1, 0.15) is 6.42 Å². The predicted molar refractivity (Wildman–Crippen MR) is 48.3 cm³/mol. The van der Waals surface area contributed by atoms with E-state index in [1.807, 2.05) is 0 Å². The van der Waals surface area contributed by atoms with Gasteiger partial charge in [0.05, 0.1) is 12.6 Å². The maximum absolute atomic E-state index is 11.2. The number of nitrogens with zero attached hydrogens (tertiary/aromatic N) is 2. The molecule has 1 aliphatic heterocycles. The van der Waals surface area contributed by atoms with Gasteiger partial charge in [-0.2, -0.15) is 5.26 Å². The summed E-state index contributed by atoms with van der Waals surface area (Å²) in [6.07, 6.45) is 0.743. The fourth-order valence-corrected chi connectivity index (χ4v) is 1.87. The third-order valence-electron chi connectivity index (χ3n) is 1.98. The summed E-state index contributed by atoms with van der Waals surface area (Å²) in [5.74, 6) is -0.133. The molecule has 1 amide bonds. The number of carbonyl (C=O) groups is 1. The van der Waals surface area contributed by atoms with Gasteiger partial charge in [-0.25, -0.2) is 0 Å². The van der Waals surface area contributed by atoms with E-state index in [-0.39, 0.29) is 18.5 Å². The summed E-state index contributed by atoms with van der Waals surface area (Å²) in [7, 11) is 2.63. The van der Waals surface area contributed by atoms with Gasteiger partial charge in [0.15, 0.2) is 0 Å². The summed E-state index contributed by atoms with van der Waals surface area (Å²) in [6.45, 7) is 0.633. The number of amides is 1. The van der Waals surface area contributed by atoms with Crippen LogP contribution in [0, 0.1) is 11.3 Å². The van der Waals surface area contributed by atoms with E-state index < -0.39 is 0 Å². The van der Waals surface area contributed by atoms with Crippen molar-refractivity contribution < 1.29 is 4.79 Å². The first-order chi connectivity index (χ1) is 5.69. The Kier molecular flexibility index (Phi) is 3.02. The quantitative estimate of drug-likeness (QED) is 0.550. The molecule has 3 atom stereocenters. The molecule has 4 nitrogen and oxygen atoms in total. The topological polar surface area (TPSA) is 70.1 Å². The second-order valence-corrected chi connectivity index (χ2v) is 3.83. The van der Waals surface area contributed by atoms with Crippen LogP contribution < -0.4 is 5.73 Å². The Morgan fingerprint density at radius 1 is 1.83 bits per heavy atom. The molecule has 66 valence electrons. The number of likely N-dealkylation sites (tertiary alicyclic amines) is 1. The summed E-state index contributed by atoms with van der Waals surface area (Å²) >= 11 is 0. The first kappa shape index (κ1) is 9.44. The molecule has 0 aromatic rings. The first-order valence-electron chi connectivity index (χ1n) is 3.83. The number of hydrogen-bond donors (Lipinski definition) is 1. The van der Waals surface area contributed by atoms with Crippen LogP contribution in [0.3, 0.4) is 0 Å². The number of carbonyl (C=O) groups excluding carboxylic acids is 1. The van der Waals surface area contributed by atoms with Crippen LogP contribution in [0.25, 0.3) is 0 Å². The number of nitriles is 1. The van der Waals surface area contributed by atoms with Crippen molar-refractivity contribution in [3.63, 3.8) is 0 Å². The van der Waals surface area contributed by atoms with Crippen molar-refractivity contribution in [2.75, 3.05) is 13.1 Å². The van der Waals surface area contributed by atoms with Gasteiger partial charge < -0.3 is 10.6 Å². The van der Waals surface area contributed by atoms with E-state index in [0.29, 0.717) is 12.2 Å². The zero-order chi connectivity index (χ0) is 9.14. The average Bonchev–Trinajstić information content (AvgIpc) is 2.45. The molecular weight excluding hydrogens is 173 g/mol. The van der Waals surface area contributed by atoms with Gasteiger partial charge in [-0.05, 0) is 12.1 Å². The van der Waals surface area contributed by atoms with Crippen molar-refractivity contribution in [1.82, 2.24) is 4.90 Å². The Balaban J connectivity index is 2.65. The van der Waals surface area contributed by atoms with E-state index in [1.54, 1.807) is 4.90 Å². The van der Waals surface area contributed by atoms with Crippen molar-refractivity contribution in [2.24, 2.45) is 5.73 Å². The molecule has 0 saturated carbocycles. The fourth-order valence-electron chi connectivity index (χ4n) is 1.38. The summed E-state index contributed by atoms with van der Waals surface area (Å²) in [4.78, 5) is 12.7. The molecule has 0 spiro atoms. The van der Waals surface area contributed by atoms with Gasteiger partial charge in [0.2, 0.25) is 5.91 Å². The third-order valence-corrected chi connectivity index (χ3v) is 2.46. The van der Waals surface area contributed by atoms with Gasteiger partial charge in [-0.15, -0.1) is 9.24 Å². The van der Waals surface area contributed by atoms with Crippen LogP contribution in [-0.2, 0) is 4.79 Å². The van der Waals surface area contributed by atoms with E-state index in [4.69, 9.17) is 11.0 Å². The summed E-state index contributed by atoms with van der Waals surface area (Å²) < 4.78 is 0. The minimum atomic E-state index is -0.274. The van der Waals surface area contributed by atoms with Crippen LogP contribution in [-0.4, -0.2) is 35.6 Å². The molecule has 1 heterocycles. The lowest BCUT2D eigenvalue weighted by atomic mass is 10.2. The molecule has 0 aliphatic carbocycles. The molecule has 12 heavy (non-hydrogen) atoms. The summed E-state index contributed by atoms with van der Waals surface area (Å²) in [5, 5.41) is 8.70. The Labute approximate surface area is 73.9 Å². The molecule has 1 aliphatic rings. The summed E-state index contributed by atoms with van der Waals surface area (Å²) in [5.41, 5.74) is 5.54. The molecular formula is C7H12N3OP. The normalized spacial score (nSPS) is 28.6. The number of nitrogens with two attached hydrogens (primary N) is 1. The largest absolute Gasteiger partial charge is 0.325 e. The van der Waals surface area contributed by atoms with Crippen molar-refractivity contribution >= 4 is 15.1 Å². The van der Waals surface area contributed by atoms with E-state index in [2.05, 4.69) is 15.3 Å². The average molecular weight is 185 g/mol. The smallest absolute Gasteiger partial charge is 0.237 e. The van der Waals surface area contributed by atoms with Gasteiger partial charge in [-0.3, -0.25) is 4.79 Å². The molecule has 2 N–H and O–H groups in total. The molecule has 1 saturated heterocycles. The second kappa shape index (κ2) is 3.84. The highest BCUT2D eigenvalue weighted by Gasteiger charge is 2.32. The monoisotopic (exact) mass is 185 g/mol. The Morgan fingerprint density at radius 2 is 2.50 bits per heavy atom. The van der Waals surface area contributed by atoms with Gasteiger partial charge >= 0.3 is 0 Å². The molecule has 1 unspecified atom stereocenters. The van der Waals surface area contributed by atoms with E-state index in [0.717, 1.165) is 6.42 Å². The maximum atomic E-state index is 11.2. The highest BCUT2D eigenvalue weighted by atomic mass is 31.0. The fraction of sp³-hybridized carbons (Fsp3) is 0.714. The Morgan fingerprint density at radius 3 is 3.00 bits per heavy atom. The predicted octanol–water partition coefficient (Wildman–Crippen LogP) is -0.687. The molecule has 0 bridgehead atoms. The SMILES string of the molecule is N#C[C@@H]1C[C@H](P)CN1C(=O)CN. The van der Waals surface area contributed by atoms with Crippen LogP contribution >= 0.6 is 9.24 Å². The maximum Gasteiger partial charge on any atom is 0.237 e. The van der Waals surface area contributed by atoms with Crippen molar-refractivity contribution in [3.8, 4) is 6.07 Å². The zero-order valence-electron chi connectivity index (χ0n) is 6.73. The van der Waals surface area contributed by atoms with Gasteiger partial charge in [0.1, 0.15) is 6.04 Å². The lowest BCUT2D eigenvalue weighted by Gasteiger charge is -2.17. The van der Waals surface area contributed by atoms with Gasteiger partial charge in [0.25, 0.3) is 0 Å². The minimum absolute atomic E-state index is 0.00440. The van der Waals surface area contributed by atoms with E-state index >= 15 is 0 Å². The van der Waals surface area contributed by atoms with Crippen LogP contribution in [0.15, 0.2) is 0 Å². The summed E-state index contributed by atoms with van der Waals surface area (Å²) in [6, 6.07) is 1.82. The minimum Gasteiger partial charge on any atom is -0.325 e. The highest BCUT2D eigenvalue weighted by molar-refractivity contribution is 7.17. The molecule has 5 heteroatoms. The highest BCUT2D eigenvalue weighted by Crippen LogP contribution is 2.22. The van der Waals surface area contributed by atoms with Gasteiger partial charge in [0, 0.05) is 6.54 Å². The standard InChI is InChI=1S/C7H12N3OP/c8-2-5-1-6(12)4-10(5)7(11)3-9/h5-6H,1,3-4,9,12H2/t5-,6-/m0/s1. The van der Waals surface area contributed by atoms with E-state index in [9.17, 15) is 4.79 Å². The van der Waals surface area contributed by atoms with Crippen molar-refractivity contribution in [1.29, 1.82) is 5.26 Å². The Hall–Kier alpha value is -0.650. The van der Waals surface area contributed by atoms with Crippen molar-refractivity contribution in [3.05, 3.63) is 0 Å². The van der Waals surface area contributed by atoms with Crippen LogP contribution in [0.5, 0.6) is 0 Å². The molecule has 0 aromatic heterocycles. The molecule has 1 fully saturated rings. The van der Waals surface area contributed by atoms with Gasteiger partial charge in [-0.1, -0.05) is 0 Å². The lowest BCUT2D eigenvalue weighted by Crippen LogP contribution is -2.39. The third kappa shape index (κ3) is 1.74. The molecule has 0 radical (unpaired) electrons. The van der Waals surface area contributed by atoms with E-state index in [1.165, 1.54) is 0 Å². The zero-order valence-corrected chi connectivity index (χ0v) is 7.89. The van der Waals surface area contributed by atoms with Crippen LogP contribution in [0.2, 0.25) is 0 Å². The lowest BCUT2D eigenvalue weighted by molar-refractivity contribution is -0.129. The molecule has 0 aromatic carbocycles. The van der Waals surface area contributed by atoms with Crippen molar-refractivity contribution in [2.45, 2.75) is 18.1 Å². The first-order valence-corrected chi connectivity index (χ1v) is 4.50. The second-order valence-electron chi connectivity index (χ2n) is 2.89. The number of rotatable bonds is 1. The molecule has 1 rings (SSSR count). The van der Waals surface area contributed by atoms with Crippen LogP contribution in [0.4, 0.5) is 0 Å².